The lowest BCUT2D eigenvalue weighted by atomic mass is 10.1. The quantitative estimate of drug-likeness (QED) is 0.811. The van der Waals surface area contributed by atoms with Gasteiger partial charge in [0, 0.05) is 24.7 Å². The van der Waals surface area contributed by atoms with Crippen molar-refractivity contribution in [3.63, 3.8) is 0 Å². The molecule has 2 aliphatic carbocycles. The largest absolute Gasteiger partial charge is 0.360 e. The monoisotopic (exact) mass is 277 g/mol. The third-order valence-corrected chi connectivity index (χ3v) is 4.61. The minimum atomic E-state index is 0.718. The van der Waals surface area contributed by atoms with Gasteiger partial charge in [0.05, 0.1) is 12.2 Å². The van der Waals surface area contributed by atoms with Crippen LogP contribution in [0.3, 0.4) is 0 Å². The highest BCUT2D eigenvalue weighted by Gasteiger charge is 2.21. The maximum absolute atomic E-state index is 5.48. The van der Waals surface area contributed by atoms with Crippen LogP contribution in [-0.2, 0) is 13.1 Å². The number of nitrogens with one attached hydrogen (secondary N) is 1. The maximum atomic E-state index is 5.48. The van der Waals surface area contributed by atoms with Crippen molar-refractivity contribution in [1.29, 1.82) is 0 Å². The van der Waals surface area contributed by atoms with E-state index >= 15 is 0 Å². The molecule has 1 N–H and O–H groups in total. The van der Waals surface area contributed by atoms with E-state index in [0.29, 0.717) is 0 Å². The first kappa shape index (κ1) is 14.1. The Morgan fingerprint density at radius 2 is 1.95 bits per heavy atom. The molecule has 20 heavy (non-hydrogen) atoms. The highest BCUT2D eigenvalue weighted by molar-refractivity contribution is 5.06. The van der Waals surface area contributed by atoms with Gasteiger partial charge in [-0.25, -0.2) is 0 Å². The lowest BCUT2D eigenvalue weighted by Crippen LogP contribution is -2.30. The van der Waals surface area contributed by atoms with Gasteiger partial charge in [-0.05, 0) is 32.7 Å². The zero-order chi connectivity index (χ0) is 13.8. The van der Waals surface area contributed by atoms with Crippen molar-refractivity contribution in [3.05, 3.63) is 17.5 Å². The van der Waals surface area contributed by atoms with E-state index in [2.05, 4.69) is 28.5 Å². The molecule has 0 unspecified atom stereocenters. The minimum Gasteiger partial charge on any atom is -0.360 e. The van der Waals surface area contributed by atoms with E-state index in [1.54, 1.807) is 0 Å². The Labute approximate surface area is 121 Å². The van der Waals surface area contributed by atoms with E-state index in [1.165, 1.54) is 51.4 Å². The predicted octanol–water partition coefficient (Wildman–Crippen LogP) is 3.08. The van der Waals surface area contributed by atoms with Gasteiger partial charge in [-0.3, -0.25) is 4.90 Å². The van der Waals surface area contributed by atoms with Crippen molar-refractivity contribution >= 4 is 0 Å². The van der Waals surface area contributed by atoms with E-state index in [4.69, 9.17) is 4.52 Å². The molecule has 4 nitrogen and oxygen atoms in total. The van der Waals surface area contributed by atoms with Crippen LogP contribution < -0.4 is 5.32 Å². The molecule has 0 aromatic carbocycles. The summed E-state index contributed by atoms with van der Waals surface area (Å²) in [6, 6.07) is 3.56. The van der Waals surface area contributed by atoms with Gasteiger partial charge in [0.25, 0.3) is 0 Å². The lowest BCUT2D eigenvalue weighted by Gasteiger charge is -2.25. The van der Waals surface area contributed by atoms with Crippen LogP contribution in [0.2, 0.25) is 0 Å². The molecular weight excluding hydrogens is 250 g/mol. The van der Waals surface area contributed by atoms with Gasteiger partial charge in [0.2, 0.25) is 0 Å². The summed E-state index contributed by atoms with van der Waals surface area (Å²) in [7, 11) is 2.22. The minimum absolute atomic E-state index is 0.718. The Morgan fingerprint density at radius 3 is 2.65 bits per heavy atom. The van der Waals surface area contributed by atoms with Crippen LogP contribution in [-0.4, -0.2) is 29.2 Å². The van der Waals surface area contributed by atoms with Crippen molar-refractivity contribution in [2.75, 3.05) is 7.05 Å². The van der Waals surface area contributed by atoms with E-state index in [9.17, 15) is 0 Å². The average Bonchev–Trinajstić information content (AvgIpc) is 3.22. The van der Waals surface area contributed by atoms with Crippen molar-refractivity contribution < 1.29 is 4.52 Å². The summed E-state index contributed by atoms with van der Waals surface area (Å²) in [5, 5.41) is 7.64. The second-order valence-electron chi connectivity index (χ2n) is 6.50. The van der Waals surface area contributed by atoms with Crippen LogP contribution in [0, 0.1) is 0 Å². The molecule has 3 rings (SSSR count). The van der Waals surface area contributed by atoms with Crippen LogP contribution in [0.15, 0.2) is 10.6 Å². The second-order valence-corrected chi connectivity index (χ2v) is 6.50. The van der Waals surface area contributed by atoms with Gasteiger partial charge in [0.15, 0.2) is 5.76 Å². The van der Waals surface area contributed by atoms with E-state index in [0.717, 1.165) is 36.6 Å². The van der Waals surface area contributed by atoms with Gasteiger partial charge in [-0.2, -0.15) is 0 Å². The fourth-order valence-electron chi connectivity index (χ4n) is 3.12. The molecule has 0 aliphatic heterocycles. The SMILES string of the molecule is CN(Cc1cc(CNC2CC2)no1)C1CCCCCC1. The second kappa shape index (κ2) is 6.72. The van der Waals surface area contributed by atoms with Crippen molar-refractivity contribution in [1.82, 2.24) is 15.4 Å². The average molecular weight is 277 g/mol. The predicted molar refractivity (Wildman–Crippen MR) is 79.3 cm³/mol. The number of hydrogen-bond acceptors (Lipinski definition) is 4. The number of aromatic nitrogens is 1. The summed E-state index contributed by atoms with van der Waals surface area (Å²) in [4.78, 5) is 2.45. The molecule has 2 saturated carbocycles. The topological polar surface area (TPSA) is 41.3 Å². The van der Waals surface area contributed by atoms with Gasteiger partial charge in [-0.1, -0.05) is 30.8 Å². The molecular formula is C16H27N3O. The molecule has 0 bridgehead atoms. The van der Waals surface area contributed by atoms with Gasteiger partial charge >= 0.3 is 0 Å². The summed E-state index contributed by atoms with van der Waals surface area (Å²) in [5.74, 6) is 1.00. The summed E-state index contributed by atoms with van der Waals surface area (Å²) in [6.45, 7) is 1.74. The van der Waals surface area contributed by atoms with Crippen LogP contribution >= 0.6 is 0 Å². The number of rotatable bonds is 6. The summed E-state index contributed by atoms with van der Waals surface area (Å²) < 4.78 is 5.48. The van der Waals surface area contributed by atoms with Gasteiger partial charge in [0.1, 0.15) is 0 Å². The molecule has 1 heterocycles. The van der Waals surface area contributed by atoms with Crippen LogP contribution in [0.25, 0.3) is 0 Å². The molecule has 0 spiro atoms. The first-order valence-electron chi connectivity index (χ1n) is 8.19. The number of hydrogen-bond donors (Lipinski definition) is 1. The Bertz CT molecular complexity index is 406. The normalized spacial score (nSPS) is 21.3. The molecule has 112 valence electrons. The Balaban J connectivity index is 1.48. The standard InChI is InChI=1S/C16H27N3O/c1-19(15-6-4-2-3-5-7-15)12-16-10-14(18-20-16)11-17-13-8-9-13/h10,13,15,17H,2-9,11-12H2,1H3. The van der Waals surface area contributed by atoms with E-state index in [1.807, 2.05) is 0 Å². The van der Waals surface area contributed by atoms with Crippen LogP contribution in [0.1, 0.15) is 62.8 Å². The molecule has 0 atom stereocenters. The van der Waals surface area contributed by atoms with Crippen LogP contribution in [0.4, 0.5) is 0 Å². The highest BCUT2D eigenvalue weighted by atomic mass is 16.5. The third kappa shape index (κ3) is 4.06. The molecule has 2 fully saturated rings. The molecule has 2 aliphatic rings. The zero-order valence-electron chi connectivity index (χ0n) is 12.6. The van der Waals surface area contributed by atoms with Crippen LogP contribution in [0.5, 0.6) is 0 Å². The molecule has 0 saturated heterocycles. The summed E-state index contributed by atoms with van der Waals surface area (Å²) in [5.41, 5.74) is 1.04. The molecule has 1 aromatic heterocycles. The molecule has 0 radical (unpaired) electrons. The van der Waals surface area contributed by atoms with Crippen molar-refractivity contribution in [2.45, 2.75) is 76.5 Å². The fraction of sp³-hybridized carbons (Fsp3) is 0.812. The van der Waals surface area contributed by atoms with Crippen molar-refractivity contribution in [2.24, 2.45) is 0 Å². The van der Waals surface area contributed by atoms with E-state index < -0.39 is 0 Å². The first-order chi connectivity index (χ1) is 9.81. The first-order valence-corrected chi connectivity index (χ1v) is 8.19. The summed E-state index contributed by atoms with van der Waals surface area (Å²) >= 11 is 0. The number of nitrogens with zero attached hydrogens (tertiary/aromatic N) is 2. The third-order valence-electron chi connectivity index (χ3n) is 4.61. The van der Waals surface area contributed by atoms with Gasteiger partial charge < -0.3 is 9.84 Å². The molecule has 4 heteroatoms. The maximum Gasteiger partial charge on any atom is 0.151 e. The Morgan fingerprint density at radius 1 is 1.20 bits per heavy atom. The molecule has 0 amide bonds. The van der Waals surface area contributed by atoms with Crippen molar-refractivity contribution in [3.8, 4) is 0 Å². The zero-order valence-corrected chi connectivity index (χ0v) is 12.6. The lowest BCUT2D eigenvalue weighted by molar-refractivity contribution is 0.190. The summed E-state index contributed by atoms with van der Waals surface area (Å²) in [6.07, 6.45) is 10.9. The molecule has 1 aromatic rings. The van der Waals surface area contributed by atoms with Gasteiger partial charge in [-0.15, -0.1) is 0 Å². The fourth-order valence-corrected chi connectivity index (χ4v) is 3.12. The Kier molecular flexibility index (Phi) is 4.73. The Hall–Kier alpha value is -0.870. The smallest absolute Gasteiger partial charge is 0.151 e. The van der Waals surface area contributed by atoms with E-state index in [-0.39, 0.29) is 0 Å². The highest BCUT2D eigenvalue weighted by Crippen LogP contribution is 2.23.